The molecule has 0 saturated heterocycles. The van der Waals surface area contributed by atoms with Gasteiger partial charge in [0, 0.05) is 12.8 Å². The lowest BCUT2D eigenvalue weighted by Gasteiger charge is -2.25. The Morgan fingerprint density at radius 2 is 1.90 bits per heavy atom. The van der Waals surface area contributed by atoms with E-state index in [-0.39, 0.29) is 0 Å². The van der Waals surface area contributed by atoms with E-state index in [0.717, 1.165) is 4.90 Å². The van der Waals surface area contributed by atoms with E-state index in [1.54, 1.807) is 27.0 Å². The van der Waals surface area contributed by atoms with Crippen molar-refractivity contribution < 1.29 is 24.2 Å². The number of alkyl carbamates (subject to hydrolysis) is 1. The molecule has 0 aromatic rings. The van der Waals surface area contributed by atoms with Crippen LogP contribution in [-0.2, 0) is 14.3 Å². The molecule has 0 rings (SSSR count). The number of hydrogen-bond donors (Lipinski definition) is 2. The van der Waals surface area contributed by atoms with Crippen LogP contribution >= 0.6 is 11.8 Å². The fourth-order valence-electron chi connectivity index (χ4n) is 1.34. The minimum atomic E-state index is -1.11. The summed E-state index contributed by atoms with van der Waals surface area (Å²) in [6.45, 7) is 4.73. The third-order valence-corrected chi connectivity index (χ3v) is 2.74. The Hall–Kier alpha value is -1.44. The number of carboxylic acid groups (broad SMARTS) is 1. The van der Waals surface area contributed by atoms with E-state index in [9.17, 15) is 14.4 Å². The number of rotatable bonds is 6. The third kappa shape index (κ3) is 7.88. The smallest absolute Gasteiger partial charge is 0.408 e. The molecule has 0 fully saturated rings. The van der Waals surface area contributed by atoms with Crippen molar-refractivity contribution >= 4 is 29.7 Å². The van der Waals surface area contributed by atoms with Gasteiger partial charge in [-0.05, 0) is 27.0 Å². The van der Waals surface area contributed by atoms with Gasteiger partial charge in [-0.3, -0.25) is 9.59 Å². The second kappa shape index (κ2) is 7.98. The highest BCUT2D eigenvalue weighted by atomic mass is 32.2. The molecular weight excluding hydrogens is 284 g/mol. The molecule has 0 aliphatic rings. The van der Waals surface area contributed by atoms with E-state index in [1.165, 1.54) is 18.8 Å². The van der Waals surface area contributed by atoms with Crippen molar-refractivity contribution in [3.63, 3.8) is 0 Å². The number of amides is 2. The van der Waals surface area contributed by atoms with Crippen LogP contribution < -0.4 is 5.32 Å². The number of carboxylic acids is 1. The van der Waals surface area contributed by atoms with Crippen LogP contribution in [-0.4, -0.2) is 65.2 Å². The fourth-order valence-corrected chi connectivity index (χ4v) is 1.90. The van der Waals surface area contributed by atoms with Crippen molar-refractivity contribution in [1.29, 1.82) is 0 Å². The van der Waals surface area contributed by atoms with Crippen LogP contribution in [0.15, 0.2) is 0 Å². The molecule has 0 heterocycles. The summed E-state index contributed by atoms with van der Waals surface area (Å²) in [5.41, 5.74) is -0.663. The van der Waals surface area contributed by atoms with Gasteiger partial charge in [-0.25, -0.2) is 4.79 Å². The first-order chi connectivity index (χ1) is 9.06. The van der Waals surface area contributed by atoms with Crippen LogP contribution in [0.25, 0.3) is 0 Å². The van der Waals surface area contributed by atoms with Gasteiger partial charge in [0.15, 0.2) is 0 Å². The summed E-state index contributed by atoms with van der Waals surface area (Å²) < 4.78 is 5.08. The van der Waals surface area contributed by atoms with Crippen molar-refractivity contribution in [3.05, 3.63) is 0 Å². The quantitative estimate of drug-likeness (QED) is 0.753. The highest BCUT2D eigenvalue weighted by Gasteiger charge is 2.26. The van der Waals surface area contributed by atoms with Crippen molar-refractivity contribution in [2.24, 2.45) is 0 Å². The molecule has 116 valence electrons. The van der Waals surface area contributed by atoms with Crippen LogP contribution in [0.2, 0.25) is 0 Å². The number of nitrogens with one attached hydrogen (secondary N) is 1. The molecule has 2 amide bonds. The SMILES string of the molecule is CSCC(NC(=O)OC(C)(C)C)C(=O)N(C)CC(=O)O. The molecule has 0 aliphatic carbocycles. The van der Waals surface area contributed by atoms with Crippen LogP contribution in [0, 0.1) is 0 Å². The number of aliphatic carboxylic acids is 1. The molecule has 2 N–H and O–H groups in total. The van der Waals surface area contributed by atoms with E-state index >= 15 is 0 Å². The molecule has 0 saturated carbocycles. The average molecular weight is 306 g/mol. The second-order valence-corrected chi connectivity index (χ2v) is 6.15. The average Bonchev–Trinajstić information content (AvgIpc) is 2.23. The van der Waals surface area contributed by atoms with Gasteiger partial charge in [0.25, 0.3) is 0 Å². The number of hydrogen-bond acceptors (Lipinski definition) is 5. The Morgan fingerprint density at radius 1 is 1.35 bits per heavy atom. The maximum atomic E-state index is 12.0. The number of carbonyl (C=O) groups excluding carboxylic acids is 2. The summed E-state index contributed by atoms with van der Waals surface area (Å²) in [6.07, 6.45) is 1.09. The molecule has 8 heteroatoms. The standard InChI is InChI=1S/C12H22N2O5S/c1-12(2,3)19-11(18)13-8(7-20-5)10(17)14(4)6-9(15)16/h8H,6-7H2,1-5H3,(H,13,18)(H,15,16). The highest BCUT2D eigenvalue weighted by Crippen LogP contribution is 2.08. The molecule has 1 atom stereocenters. The van der Waals surface area contributed by atoms with Crippen LogP contribution in [0.1, 0.15) is 20.8 Å². The molecule has 0 aliphatic heterocycles. The van der Waals surface area contributed by atoms with E-state index in [4.69, 9.17) is 9.84 Å². The predicted molar refractivity (Wildman–Crippen MR) is 76.8 cm³/mol. The Bertz CT molecular complexity index is 367. The first-order valence-electron chi connectivity index (χ1n) is 6.02. The van der Waals surface area contributed by atoms with Crippen molar-refractivity contribution in [2.45, 2.75) is 32.4 Å². The molecule has 0 bridgehead atoms. The van der Waals surface area contributed by atoms with Gasteiger partial charge < -0.3 is 20.1 Å². The Morgan fingerprint density at radius 3 is 2.30 bits per heavy atom. The number of carbonyl (C=O) groups is 3. The molecule has 0 spiro atoms. The largest absolute Gasteiger partial charge is 0.480 e. The first kappa shape index (κ1) is 18.6. The lowest BCUT2D eigenvalue weighted by atomic mass is 10.2. The Labute approximate surface area is 123 Å². The summed E-state index contributed by atoms with van der Waals surface area (Å²) in [4.78, 5) is 35.4. The van der Waals surface area contributed by atoms with Crippen LogP contribution in [0.5, 0.6) is 0 Å². The van der Waals surface area contributed by atoms with Crippen molar-refractivity contribution in [1.82, 2.24) is 10.2 Å². The van der Waals surface area contributed by atoms with E-state index in [0.29, 0.717) is 5.75 Å². The zero-order chi connectivity index (χ0) is 15.9. The molecule has 0 aromatic heterocycles. The van der Waals surface area contributed by atoms with E-state index in [1.807, 2.05) is 0 Å². The van der Waals surface area contributed by atoms with Crippen molar-refractivity contribution in [2.75, 3.05) is 25.6 Å². The van der Waals surface area contributed by atoms with E-state index < -0.39 is 36.2 Å². The Balaban J connectivity index is 4.67. The van der Waals surface area contributed by atoms with Gasteiger partial charge in [0.2, 0.25) is 5.91 Å². The normalized spacial score (nSPS) is 12.4. The number of nitrogens with zero attached hydrogens (tertiary/aromatic N) is 1. The van der Waals surface area contributed by atoms with Gasteiger partial charge in [-0.15, -0.1) is 0 Å². The number of thioether (sulfide) groups is 1. The van der Waals surface area contributed by atoms with Gasteiger partial charge >= 0.3 is 12.1 Å². The summed E-state index contributed by atoms with van der Waals surface area (Å²) in [6, 6.07) is -0.816. The highest BCUT2D eigenvalue weighted by molar-refractivity contribution is 7.98. The number of likely N-dealkylation sites (N-methyl/N-ethyl adjacent to an activating group) is 1. The molecule has 1 unspecified atom stereocenters. The maximum Gasteiger partial charge on any atom is 0.408 e. The zero-order valence-electron chi connectivity index (χ0n) is 12.4. The van der Waals surface area contributed by atoms with Crippen LogP contribution in [0.4, 0.5) is 4.79 Å². The molecule has 7 nitrogen and oxygen atoms in total. The summed E-state index contributed by atoms with van der Waals surface area (Å²) in [5.74, 6) is -1.24. The van der Waals surface area contributed by atoms with Gasteiger partial charge in [0.05, 0.1) is 0 Å². The monoisotopic (exact) mass is 306 g/mol. The van der Waals surface area contributed by atoms with Gasteiger partial charge in [-0.2, -0.15) is 11.8 Å². The van der Waals surface area contributed by atoms with Gasteiger partial charge in [0.1, 0.15) is 18.2 Å². The van der Waals surface area contributed by atoms with Crippen LogP contribution in [0.3, 0.4) is 0 Å². The topological polar surface area (TPSA) is 95.9 Å². The minimum Gasteiger partial charge on any atom is -0.480 e. The van der Waals surface area contributed by atoms with E-state index in [2.05, 4.69) is 5.32 Å². The summed E-state index contributed by atoms with van der Waals surface area (Å²) in [7, 11) is 1.38. The molecule has 0 radical (unpaired) electrons. The molecule has 0 aromatic carbocycles. The fraction of sp³-hybridized carbons (Fsp3) is 0.750. The summed E-state index contributed by atoms with van der Waals surface area (Å²) in [5, 5.41) is 11.1. The Kier molecular flexibility index (Phi) is 7.41. The molecule has 20 heavy (non-hydrogen) atoms. The lowest BCUT2D eigenvalue weighted by molar-refractivity contribution is -0.144. The molecular formula is C12H22N2O5S. The first-order valence-corrected chi connectivity index (χ1v) is 7.41. The van der Waals surface area contributed by atoms with Gasteiger partial charge in [-0.1, -0.05) is 0 Å². The third-order valence-electron chi connectivity index (χ3n) is 2.07. The lowest BCUT2D eigenvalue weighted by Crippen LogP contribution is -2.50. The second-order valence-electron chi connectivity index (χ2n) is 5.24. The number of ether oxygens (including phenoxy) is 1. The predicted octanol–water partition coefficient (Wildman–Crippen LogP) is 0.786. The van der Waals surface area contributed by atoms with Crippen molar-refractivity contribution in [3.8, 4) is 0 Å². The maximum absolute atomic E-state index is 12.0. The minimum absolute atomic E-state index is 0.335. The summed E-state index contributed by atoms with van der Waals surface area (Å²) >= 11 is 1.37. The zero-order valence-corrected chi connectivity index (χ0v) is 13.2.